The van der Waals surface area contributed by atoms with E-state index >= 15 is 0 Å². The lowest BCUT2D eigenvalue weighted by Gasteiger charge is -2.24. The van der Waals surface area contributed by atoms with Crippen LogP contribution < -0.4 is 0 Å². The van der Waals surface area contributed by atoms with E-state index in [0.717, 1.165) is 39.2 Å². The Hall–Kier alpha value is -7.16. The molecule has 0 saturated heterocycles. The van der Waals surface area contributed by atoms with Crippen LogP contribution in [0, 0.1) is 0 Å². The molecule has 1 aromatic heterocycles. The largest absolute Gasteiger partial charge is 0.228 e. The summed E-state index contributed by atoms with van der Waals surface area (Å²) in [4.78, 5) is 10.8. The fourth-order valence-electron chi connectivity index (χ4n) is 9.41. The molecule has 1 aliphatic rings. The van der Waals surface area contributed by atoms with Crippen molar-refractivity contribution in [2.75, 3.05) is 0 Å². The monoisotopic (exact) mass is 726 g/mol. The van der Waals surface area contributed by atoms with E-state index in [1.807, 2.05) is 0 Å². The van der Waals surface area contributed by atoms with Crippen LogP contribution in [0.5, 0.6) is 0 Å². The van der Waals surface area contributed by atoms with Gasteiger partial charge in [-0.2, -0.15) is 0 Å². The summed E-state index contributed by atoms with van der Waals surface area (Å²) >= 11 is 0. The van der Waals surface area contributed by atoms with Gasteiger partial charge < -0.3 is 0 Å². The molecule has 11 rings (SSSR count). The SMILES string of the molecule is CC1(C)c2ccccc2-c2cccc(-c3cc(-c4ccccc4-c4ccccc4)nc(-c4ccc(-c5c6ccccc6cc6c5ccc5ccccc56)cc4)n3)c21. The van der Waals surface area contributed by atoms with Crippen molar-refractivity contribution in [3.05, 3.63) is 205 Å². The highest BCUT2D eigenvalue weighted by molar-refractivity contribution is 6.20. The zero-order valence-corrected chi connectivity index (χ0v) is 31.9. The van der Waals surface area contributed by atoms with E-state index in [4.69, 9.17) is 9.97 Å². The third-order valence-corrected chi connectivity index (χ3v) is 12.1. The van der Waals surface area contributed by atoms with Gasteiger partial charge in [0.05, 0.1) is 11.4 Å². The van der Waals surface area contributed by atoms with Crippen LogP contribution in [0.1, 0.15) is 25.0 Å². The van der Waals surface area contributed by atoms with Crippen LogP contribution in [-0.4, -0.2) is 9.97 Å². The van der Waals surface area contributed by atoms with Gasteiger partial charge in [-0.25, -0.2) is 9.97 Å². The first-order valence-electron chi connectivity index (χ1n) is 19.7. The van der Waals surface area contributed by atoms with Crippen LogP contribution >= 0.6 is 0 Å². The molecule has 57 heavy (non-hydrogen) atoms. The molecule has 2 nitrogen and oxygen atoms in total. The summed E-state index contributed by atoms with van der Waals surface area (Å²) in [7, 11) is 0. The van der Waals surface area contributed by atoms with Crippen molar-refractivity contribution in [3.8, 4) is 67.3 Å². The van der Waals surface area contributed by atoms with Crippen LogP contribution in [0.25, 0.3) is 99.6 Å². The summed E-state index contributed by atoms with van der Waals surface area (Å²) in [6, 6.07) is 70.1. The maximum Gasteiger partial charge on any atom is 0.160 e. The number of hydrogen-bond acceptors (Lipinski definition) is 2. The molecule has 0 bridgehead atoms. The highest BCUT2D eigenvalue weighted by Gasteiger charge is 2.37. The average Bonchev–Trinajstić information content (AvgIpc) is 3.51. The molecule has 1 heterocycles. The fourth-order valence-corrected chi connectivity index (χ4v) is 9.41. The minimum absolute atomic E-state index is 0.191. The summed E-state index contributed by atoms with van der Waals surface area (Å²) in [5.74, 6) is 0.705. The Morgan fingerprint density at radius 2 is 0.947 bits per heavy atom. The van der Waals surface area contributed by atoms with E-state index in [1.54, 1.807) is 0 Å². The molecule has 10 aromatic rings. The van der Waals surface area contributed by atoms with E-state index in [1.165, 1.54) is 65.7 Å². The summed E-state index contributed by atoms with van der Waals surface area (Å²) in [6.07, 6.45) is 0. The number of hydrogen-bond donors (Lipinski definition) is 0. The average molecular weight is 727 g/mol. The Morgan fingerprint density at radius 3 is 1.75 bits per heavy atom. The van der Waals surface area contributed by atoms with Gasteiger partial charge in [0.15, 0.2) is 5.82 Å². The van der Waals surface area contributed by atoms with Gasteiger partial charge in [-0.05, 0) is 89.0 Å². The number of rotatable bonds is 5. The standard InChI is InChI=1S/C55H38N2/c1-55(2)49-26-13-12-22-43(49)46-24-14-25-47(53(46)55)51-34-50(44-23-11-10-19-40(44)35-15-4-3-5-16-35)56-54(57-51)38-29-27-37(28-30-38)52-42-21-9-7-18-39(42)33-48-41-20-8-6-17-36(41)31-32-45(48)52/h3-34H,1-2H3. The third-order valence-electron chi connectivity index (χ3n) is 12.1. The molecule has 2 heteroatoms. The second kappa shape index (κ2) is 13.0. The first-order valence-corrected chi connectivity index (χ1v) is 19.7. The van der Waals surface area contributed by atoms with Crippen LogP contribution in [0.4, 0.5) is 0 Å². The Bertz CT molecular complexity index is 3190. The summed E-state index contributed by atoms with van der Waals surface area (Å²) in [6.45, 7) is 4.68. The first-order chi connectivity index (χ1) is 28.0. The van der Waals surface area contributed by atoms with E-state index in [2.05, 4.69) is 208 Å². The topological polar surface area (TPSA) is 25.8 Å². The van der Waals surface area contributed by atoms with E-state index in [-0.39, 0.29) is 5.41 Å². The molecule has 0 unspecified atom stereocenters. The van der Waals surface area contributed by atoms with Gasteiger partial charge in [0.1, 0.15) is 0 Å². The number of aromatic nitrogens is 2. The van der Waals surface area contributed by atoms with Gasteiger partial charge in [-0.15, -0.1) is 0 Å². The Balaban J connectivity index is 1.11. The lowest BCUT2D eigenvalue weighted by molar-refractivity contribution is 0.662. The van der Waals surface area contributed by atoms with Crippen molar-refractivity contribution in [1.82, 2.24) is 9.97 Å². The summed E-state index contributed by atoms with van der Waals surface area (Å²) in [5.41, 5.74) is 14.8. The molecule has 9 aromatic carbocycles. The fraction of sp³-hybridized carbons (Fsp3) is 0.0545. The van der Waals surface area contributed by atoms with E-state index < -0.39 is 0 Å². The van der Waals surface area contributed by atoms with Crippen molar-refractivity contribution in [1.29, 1.82) is 0 Å². The Kier molecular flexibility index (Phi) is 7.55. The normalized spacial score (nSPS) is 12.9. The van der Waals surface area contributed by atoms with Crippen molar-refractivity contribution in [2.45, 2.75) is 19.3 Å². The molecule has 0 spiro atoms. The second-order valence-corrected chi connectivity index (χ2v) is 15.7. The summed E-state index contributed by atoms with van der Waals surface area (Å²) < 4.78 is 0. The van der Waals surface area contributed by atoms with Crippen molar-refractivity contribution in [2.24, 2.45) is 0 Å². The quantitative estimate of drug-likeness (QED) is 0.130. The first kappa shape index (κ1) is 33.2. The molecule has 0 amide bonds. The lowest BCUT2D eigenvalue weighted by Crippen LogP contribution is -2.16. The molecule has 0 atom stereocenters. The van der Waals surface area contributed by atoms with E-state index in [0.29, 0.717) is 5.82 Å². The third kappa shape index (κ3) is 5.33. The second-order valence-electron chi connectivity index (χ2n) is 15.7. The van der Waals surface area contributed by atoms with Crippen LogP contribution in [0.2, 0.25) is 0 Å². The zero-order valence-electron chi connectivity index (χ0n) is 31.9. The predicted octanol–water partition coefficient (Wildman–Crippen LogP) is 14.6. The summed E-state index contributed by atoms with van der Waals surface area (Å²) in [5, 5.41) is 7.51. The lowest BCUT2D eigenvalue weighted by atomic mass is 9.79. The molecular weight excluding hydrogens is 689 g/mol. The van der Waals surface area contributed by atoms with Gasteiger partial charge in [0, 0.05) is 22.1 Å². The van der Waals surface area contributed by atoms with Crippen molar-refractivity contribution in [3.63, 3.8) is 0 Å². The van der Waals surface area contributed by atoms with Gasteiger partial charge in [0.2, 0.25) is 0 Å². The minimum atomic E-state index is -0.191. The Morgan fingerprint density at radius 1 is 0.351 bits per heavy atom. The van der Waals surface area contributed by atoms with Gasteiger partial charge >= 0.3 is 0 Å². The maximum absolute atomic E-state index is 5.43. The Labute approximate surface area is 332 Å². The molecule has 0 radical (unpaired) electrons. The maximum atomic E-state index is 5.43. The highest BCUT2D eigenvalue weighted by atomic mass is 14.9. The molecule has 0 aliphatic heterocycles. The number of fused-ring (bicyclic) bond motifs is 7. The van der Waals surface area contributed by atoms with E-state index in [9.17, 15) is 0 Å². The minimum Gasteiger partial charge on any atom is -0.228 e. The smallest absolute Gasteiger partial charge is 0.160 e. The van der Waals surface area contributed by atoms with Crippen LogP contribution in [0.15, 0.2) is 194 Å². The molecule has 268 valence electrons. The molecule has 0 N–H and O–H groups in total. The molecule has 0 saturated carbocycles. The predicted molar refractivity (Wildman–Crippen MR) is 239 cm³/mol. The molecule has 1 aliphatic carbocycles. The number of nitrogens with zero attached hydrogens (tertiary/aromatic N) is 2. The van der Waals surface area contributed by atoms with Crippen LogP contribution in [-0.2, 0) is 5.41 Å². The van der Waals surface area contributed by atoms with Crippen molar-refractivity contribution < 1.29 is 0 Å². The van der Waals surface area contributed by atoms with Crippen molar-refractivity contribution >= 4 is 32.3 Å². The van der Waals surface area contributed by atoms with Gasteiger partial charge in [0.25, 0.3) is 0 Å². The zero-order chi connectivity index (χ0) is 38.1. The van der Waals surface area contributed by atoms with Gasteiger partial charge in [-0.1, -0.05) is 196 Å². The highest BCUT2D eigenvalue weighted by Crippen LogP contribution is 2.52. The van der Waals surface area contributed by atoms with Gasteiger partial charge in [-0.3, -0.25) is 0 Å². The van der Waals surface area contributed by atoms with Crippen LogP contribution in [0.3, 0.4) is 0 Å². The molecular formula is C55H38N2. The molecule has 0 fully saturated rings. The number of benzene rings is 9.